The predicted octanol–water partition coefficient (Wildman–Crippen LogP) is 3.14. The number of rotatable bonds is 8. The van der Waals surface area contributed by atoms with Gasteiger partial charge in [-0.1, -0.05) is 12.1 Å². The molecular formula is C17H22N2O2S. The summed E-state index contributed by atoms with van der Waals surface area (Å²) in [5, 5.41) is 6.15. The third kappa shape index (κ3) is 5.48. The van der Waals surface area contributed by atoms with Crippen LogP contribution >= 0.6 is 11.3 Å². The molecule has 1 heterocycles. The second-order valence-electron chi connectivity index (χ2n) is 5.09. The van der Waals surface area contributed by atoms with Crippen molar-refractivity contribution < 1.29 is 9.53 Å². The van der Waals surface area contributed by atoms with Crippen molar-refractivity contribution in [1.82, 2.24) is 10.3 Å². The fourth-order valence-electron chi connectivity index (χ4n) is 2.10. The molecule has 0 saturated carbocycles. The molecule has 0 spiro atoms. The lowest BCUT2D eigenvalue weighted by Crippen LogP contribution is -2.26. The van der Waals surface area contributed by atoms with Crippen molar-refractivity contribution in [2.45, 2.75) is 33.1 Å². The largest absolute Gasteiger partial charge is 0.494 e. The number of aryl methyl sites for hydroxylation is 2. The van der Waals surface area contributed by atoms with Gasteiger partial charge in [0.2, 0.25) is 5.91 Å². The van der Waals surface area contributed by atoms with Gasteiger partial charge < -0.3 is 10.1 Å². The lowest BCUT2D eigenvalue weighted by Gasteiger charge is -2.06. The van der Waals surface area contributed by atoms with Gasteiger partial charge in [-0.05, 0) is 38.0 Å². The van der Waals surface area contributed by atoms with E-state index in [1.54, 1.807) is 11.3 Å². The zero-order valence-electron chi connectivity index (χ0n) is 13.1. The molecular weight excluding hydrogens is 296 g/mol. The average molecular weight is 318 g/mol. The molecule has 0 atom stereocenters. The van der Waals surface area contributed by atoms with E-state index in [-0.39, 0.29) is 5.91 Å². The zero-order valence-corrected chi connectivity index (χ0v) is 13.9. The van der Waals surface area contributed by atoms with Gasteiger partial charge in [0.1, 0.15) is 5.75 Å². The molecule has 22 heavy (non-hydrogen) atoms. The highest BCUT2D eigenvalue weighted by Crippen LogP contribution is 2.12. The molecule has 0 saturated heterocycles. The van der Waals surface area contributed by atoms with Crippen LogP contribution in [0.2, 0.25) is 0 Å². The first kappa shape index (κ1) is 16.5. The summed E-state index contributed by atoms with van der Waals surface area (Å²) in [6.45, 7) is 5.29. The lowest BCUT2D eigenvalue weighted by atomic mass is 10.1. The van der Waals surface area contributed by atoms with Crippen LogP contribution in [0.5, 0.6) is 5.75 Å². The molecule has 2 aromatic rings. The summed E-state index contributed by atoms with van der Waals surface area (Å²) < 4.78 is 5.38. The van der Waals surface area contributed by atoms with Crippen LogP contribution in [0.3, 0.4) is 0 Å². The average Bonchev–Trinajstić information content (AvgIpc) is 2.92. The fraction of sp³-hybridized carbons (Fsp3) is 0.412. The normalized spacial score (nSPS) is 10.5. The van der Waals surface area contributed by atoms with Gasteiger partial charge in [0.15, 0.2) is 0 Å². The molecule has 4 nitrogen and oxygen atoms in total. The topological polar surface area (TPSA) is 51.2 Å². The molecule has 1 N–H and O–H groups in total. The van der Waals surface area contributed by atoms with E-state index in [0.29, 0.717) is 19.6 Å². The third-order valence-electron chi connectivity index (χ3n) is 3.16. The van der Waals surface area contributed by atoms with E-state index in [1.165, 1.54) is 0 Å². The van der Waals surface area contributed by atoms with Gasteiger partial charge in [0.25, 0.3) is 0 Å². The van der Waals surface area contributed by atoms with E-state index in [0.717, 1.165) is 34.9 Å². The van der Waals surface area contributed by atoms with Crippen LogP contribution in [0.1, 0.15) is 29.6 Å². The summed E-state index contributed by atoms with van der Waals surface area (Å²) in [5.41, 5.74) is 2.07. The van der Waals surface area contributed by atoms with E-state index < -0.39 is 0 Å². The fourth-order valence-corrected chi connectivity index (χ4v) is 2.92. The lowest BCUT2D eigenvalue weighted by molar-refractivity contribution is -0.120. The first-order valence-electron chi connectivity index (χ1n) is 7.57. The van der Waals surface area contributed by atoms with Crippen molar-refractivity contribution in [2.24, 2.45) is 0 Å². The monoisotopic (exact) mass is 318 g/mol. The number of hydrogen-bond acceptors (Lipinski definition) is 4. The Kier molecular flexibility index (Phi) is 6.40. The van der Waals surface area contributed by atoms with Gasteiger partial charge in [0, 0.05) is 24.0 Å². The number of ether oxygens (including phenoxy) is 1. The molecule has 0 aliphatic carbocycles. The predicted molar refractivity (Wildman–Crippen MR) is 89.5 cm³/mol. The Hall–Kier alpha value is -1.88. The highest BCUT2D eigenvalue weighted by atomic mass is 32.1. The van der Waals surface area contributed by atoms with Crippen molar-refractivity contribution in [2.75, 3.05) is 13.2 Å². The summed E-state index contributed by atoms with van der Waals surface area (Å²) in [5.74, 6) is 0.893. The first-order valence-corrected chi connectivity index (χ1v) is 8.44. The number of benzene rings is 1. The van der Waals surface area contributed by atoms with Crippen molar-refractivity contribution in [3.63, 3.8) is 0 Å². The molecule has 0 bridgehead atoms. The molecule has 1 aromatic heterocycles. The van der Waals surface area contributed by atoms with E-state index in [2.05, 4.69) is 15.7 Å². The Balaban J connectivity index is 1.66. The summed E-state index contributed by atoms with van der Waals surface area (Å²) in [6, 6.07) is 7.67. The van der Waals surface area contributed by atoms with E-state index in [1.807, 2.05) is 38.1 Å². The van der Waals surface area contributed by atoms with Crippen LogP contribution in [-0.2, 0) is 17.6 Å². The maximum atomic E-state index is 11.9. The van der Waals surface area contributed by atoms with Gasteiger partial charge in [-0.15, -0.1) is 11.3 Å². The highest BCUT2D eigenvalue weighted by molar-refractivity contribution is 7.09. The maximum absolute atomic E-state index is 11.9. The van der Waals surface area contributed by atoms with Crippen LogP contribution in [0.15, 0.2) is 29.6 Å². The maximum Gasteiger partial charge on any atom is 0.224 e. The van der Waals surface area contributed by atoms with Gasteiger partial charge in [-0.3, -0.25) is 4.79 Å². The zero-order chi connectivity index (χ0) is 15.8. The van der Waals surface area contributed by atoms with Crippen molar-refractivity contribution in [1.29, 1.82) is 0 Å². The Labute approximate surface area is 135 Å². The SMILES string of the molecule is CCOc1ccc(CC(=O)NCCCc2nc(C)cs2)cc1. The van der Waals surface area contributed by atoms with Crippen molar-refractivity contribution in [3.8, 4) is 5.75 Å². The second-order valence-corrected chi connectivity index (χ2v) is 6.03. The molecule has 2 rings (SSSR count). The van der Waals surface area contributed by atoms with Gasteiger partial charge in [-0.25, -0.2) is 4.98 Å². The molecule has 1 aromatic carbocycles. The second kappa shape index (κ2) is 8.54. The summed E-state index contributed by atoms with van der Waals surface area (Å²) >= 11 is 1.68. The minimum absolute atomic E-state index is 0.0551. The van der Waals surface area contributed by atoms with Gasteiger partial charge in [0.05, 0.1) is 18.0 Å². The molecule has 0 aliphatic rings. The Morgan fingerprint density at radius 2 is 2.09 bits per heavy atom. The molecule has 0 aliphatic heterocycles. The standard InChI is InChI=1S/C17H22N2O2S/c1-3-21-15-8-6-14(7-9-15)11-16(20)18-10-4-5-17-19-13(2)12-22-17/h6-9,12H,3-5,10-11H2,1-2H3,(H,18,20). The minimum Gasteiger partial charge on any atom is -0.494 e. The number of aromatic nitrogens is 1. The first-order chi connectivity index (χ1) is 10.7. The number of thiazole rings is 1. The quantitative estimate of drug-likeness (QED) is 0.761. The minimum atomic E-state index is 0.0551. The van der Waals surface area contributed by atoms with Crippen LogP contribution in [0, 0.1) is 6.92 Å². The molecule has 1 amide bonds. The van der Waals surface area contributed by atoms with E-state index in [9.17, 15) is 4.79 Å². The Morgan fingerprint density at radius 1 is 1.32 bits per heavy atom. The number of nitrogens with one attached hydrogen (secondary N) is 1. The summed E-state index contributed by atoms with van der Waals surface area (Å²) in [4.78, 5) is 16.3. The van der Waals surface area contributed by atoms with Gasteiger partial charge in [-0.2, -0.15) is 0 Å². The number of nitrogens with zero attached hydrogens (tertiary/aromatic N) is 1. The highest BCUT2D eigenvalue weighted by Gasteiger charge is 2.04. The summed E-state index contributed by atoms with van der Waals surface area (Å²) in [6.07, 6.45) is 2.24. The molecule has 5 heteroatoms. The van der Waals surface area contributed by atoms with Gasteiger partial charge >= 0.3 is 0 Å². The number of amides is 1. The van der Waals surface area contributed by atoms with Crippen LogP contribution in [0.25, 0.3) is 0 Å². The number of hydrogen-bond donors (Lipinski definition) is 1. The molecule has 0 unspecified atom stereocenters. The number of carbonyl (C=O) groups is 1. The van der Waals surface area contributed by atoms with Crippen molar-refractivity contribution >= 4 is 17.2 Å². The van der Waals surface area contributed by atoms with E-state index in [4.69, 9.17) is 4.74 Å². The Morgan fingerprint density at radius 3 is 2.73 bits per heavy atom. The van der Waals surface area contributed by atoms with Crippen LogP contribution < -0.4 is 10.1 Å². The molecule has 0 fully saturated rings. The van der Waals surface area contributed by atoms with Crippen molar-refractivity contribution in [3.05, 3.63) is 45.9 Å². The third-order valence-corrected chi connectivity index (χ3v) is 4.18. The number of carbonyl (C=O) groups excluding carboxylic acids is 1. The molecule has 0 radical (unpaired) electrons. The van der Waals surface area contributed by atoms with Crippen LogP contribution in [-0.4, -0.2) is 24.0 Å². The van der Waals surface area contributed by atoms with E-state index >= 15 is 0 Å². The summed E-state index contributed by atoms with van der Waals surface area (Å²) in [7, 11) is 0. The Bertz CT molecular complexity index is 593. The molecule has 118 valence electrons. The smallest absolute Gasteiger partial charge is 0.224 e. The van der Waals surface area contributed by atoms with Crippen LogP contribution in [0.4, 0.5) is 0 Å².